The van der Waals surface area contributed by atoms with Crippen LogP contribution in [0.1, 0.15) is 46.6 Å². The Kier molecular flexibility index (Phi) is 7.33. The van der Waals surface area contributed by atoms with E-state index in [0.717, 1.165) is 24.9 Å². The summed E-state index contributed by atoms with van der Waals surface area (Å²) in [6, 6.07) is 7.05. The van der Waals surface area contributed by atoms with E-state index in [2.05, 4.69) is 33.0 Å². The van der Waals surface area contributed by atoms with Crippen LogP contribution in [0.3, 0.4) is 0 Å². The maximum Gasteiger partial charge on any atom is 0.123 e. The van der Waals surface area contributed by atoms with Crippen molar-refractivity contribution in [2.75, 3.05) is 13.2 Å². The maximum absolute atomic E-state index is 13.4. The SMILES string of the molecule is CCCNC(Cc1cccc(F)c1)C(OCC)C(C)(C)C. The maximum atomic E-state index is 13.4. The second-order valence-corrected chi connectivity index (χ2v) is 6.64. The van der Waals surface area contributed by atoms with Gasteiger partial charge >= 0.3 is 0 Å². The molecule has 1 aromatic rings. The number of nitrogens with one attached hydrogen (secondary N) is 1. The number of benzene rings is 1. The van der Waals surface area contributed by atoms with Crippen molar-refractivity contribution in [1.29, 1.82) is 0 Å². The first kappa shape index (κ1) is 18.1. The van der Waals surface area contributed by atoms with Gasteiger partial charge in [0.2, 0.25) is 0 Å². The van der Waals surface area contributed by atoms with E-state index in [-0.39, 0.29) is 23.4 Å². The van der Waals surface area contributed by atoms with Crippen LogP contribution in [0.2, 0.25) is 0 Å². The molecule has 0 heterocycles. The van der Waals surface area contributed by atoms with Gasteiger partial charge in [-0.15, -0.1) is 0 Å². The first-order valence-corrected chi connectivity index (χ1v) is 7.97. The van der Waals surface area contributed by atoms with E-state index in [1.54, 1.807) is 12.1 Å². The van der Waals surface area contributed by atoms with E-state index in [9.17, 15) is 4.39 Å². The Labute approximate surface area is 129 Å². The monoisotopic (exact) mass is 295 g/mol. The van der Waals surface area contributed by atoms with Crippen LogP contribution in [-0.4, -0.2) is 25.3 Å². The van der Waals surface area contributed by atoms with Gasteiger partial charge in [-0.3, -0.25) is 0 Å². The molecule has 0 spiro atoms. The summed E-state index contributed by atoms with van der Waals surface area (Å²) in [4.78, 5) is 0. The summed E-state index contributed by atoms with van der Waals surface area (Å²) in [6.45, 7) is 12.4. The molecule has 2 unspecified atom stereocenters. The zero-order valence-electron chi connectivity index (χ0n) is 14.1. The lowest BCUT2D eigenvalue weighted by Gasteiger charge is -2.37. The van der Waals surface area contributed by atoms with Crippen LogP contribution in [-0.2, 0) is 11.2 Å². The topological polar surface area (TPSA) is 21.3 Å². The molecule has 0 aliphatic rings. The van der Waals surface area contributed by atoms with Crippen molar-refractivity contribution in [3.05, 3.63) is 35.6 Å². The van der Waals surface area contributed by atoms with Crippen molar-refractivity contribution in [3.63, 3.8) is 0 Å². The lowest BCUT2D eigenvalue weighted by atomic mass is 9.82. The van der Waals surface area contributed by atoms with Crippen LogP contribution in [0.4, 0.5) is 4.39 Å². The first-order valence-electron chi connectivity index (χ1n) is 7.97. The highest BCUT2D eigenvalue weighted by Gasteiger charge is 2.32. The molecule has 2 atom stereocenters. The molecule has 3 heteroatoms. The quantitative estimate of drug-likeness (QED) is 0.776. The molecule has 1 N–H and O–H groups in total. The summed E-state index contributed by atoms with van der Waals surface area (Å²) >= 11 is 0. The molecule has 2 nitrogen and oxygen atoms in total. The Hall–Kier alpha value is -0.930. The molecular formula is C18H30FNO. The minimum atomic E-state index is -0.175. The van der Waals surface area contributed by atoms with Crippen LogP contribution < -0.4 is 5.32 Å². The Bertz CT molecular complexity index is 414. The Balaban J connectivity index is 2.91. The molecule has 1 rings (SSSR count). The van der Waals surface area contributed by atoms with Crippen LogP contribution in [0.15, 0.2) is 24.3 Å². The third-order valence-electron chi connectivity index (χ3n) is 3.57. The number of ether oxygens (including phenoxy) is 1. The number of halogens is 1. The molecular weight excluding hydrogens is 265 g/mol. The molecule has 0 aliphatic heterocycles. The van der Waals surface area contributed by atoms with E-state index in [0.29, 0.717) is 6.61 Å². The minimum Gasteiger partial charge on any atom is -0.376 e. The molecule has 0 bridgehead atoms. The summed E-state index contributed by atoms with van der Waals surface area (Å²) in [7, 11) is 0. The van der Waals surface area contributed by atoms with Crippen molar-refractivity contribution in [1.82, 2.24) is 5.32 Å². The van der Waals surface area contributed by atoms with E-state index < -0.39 is 0 Å². The number of hydrogen-bond donors (Lipinski definition) is 1. The predicted molar refractivity (Wildman–Crippen MR) is 87.1 cm³/mol. The standard InChI is InChI=1S/C18H30FNO/c1-6-11-20-16(17(21-7-2)18(3,4)5)13-14-9-8-10-15(19)12-14/h8-10,12,16-17,20H,6-7,11,13H2,1-5H3. The first-order chi connectivity index (χ1) is 9.88. The van der Waals surface area contributed by atoms with Gasteiger partial charge < -0.3 is 10.1 Å². The van der Waals surface area contributed by atoms with E-state index in [4.69, 9.17) is 4.74 Å². The van der Waals surface area contributed by atoms with Crippen LogP contribution in [0.25, 0.3) is 0 Å². The lowest BCUT2D eigenvalue weighted by molar-refractivity contribution is -0.0355. The summed E-state index contributed by atoms with van der Waals surface area (Å²) in [5, 5.41) is 3.58. The zero-order chi connectivity index (χ0) is 15.9. The van der Waals surface area contributed by atoms with Crippen molar-refractivity contribution < 1.29 is 9.13 Å². The van der Waals surface area contributed by atoms with E-state index in [1.165, 1.54) is 6.07 Å². The second kappa shape index (κ2) is 8.50. The molecule has 0 aromatic heterocycles. The van der Waals surface area contributed by atoms with Gasteiger partial charge in [0, 0.05) is 12.6 Å². The van der Waals surface area contributed by atoms with Gasteiger partial charge in [-0.1, -0.05) is 39.8 Å². The van der Waals surface area contributed by atoms with Crippen molar-refractivity contribution in [2.45, 2.75) is 59.6 Å². The highest BCUT2D eigenvalue weighted by Crippen LogP contribution is 2.27. The summed E-state index contributed by atoms with van der Waals surface area (Å²) < 4.78 is 19.4. The van der Waals surface area contributed by atoms with Gasteiger partial charge in [-0.2, -0.15) is 0 Å². The van der Waals surface area contributed by atoms with Crippen molar-refractivity contribution in [2.24, 2.45) is 5.41 Å². The van der Waals surface area contributed by atoms with Gasteiger partial charge in [-0.05, 0) is 49.4 Å². The summed E-state index contributed by atoms with van der Waals surface area (Å²) in [6.07, 6.45) is 1.94. The van der Waals surface area contributed by atoms with Crippen LogP contribution in [0.5, 0.6) is 0 Å². The zero-order valence-corrected chi connectivity index (χ0v) is 14.1. The largest absolute Gasteiger partial charge is 0.376 e. The second-order valence-electron chi connectivity index (χ2n) is 6.64. The van der Waals surface area contributed by atoms with Gasteiger partial charge in [0.1, 0.15) is 5.82 Å². The van der Waals surface area contributed by atoms with E-state index >= 15 is 0 Å². The highest BCUT2D eigenvalue weighted by atomic mass is 19.1. The smallest absolute Gasteiger partial charge is 0.123 e. The van der Waals surface area contributed by atoms with Gasteiger partial charge in [0.05, 0.1) is 6.10 Å². The molecule has 120 valence electrons. The fraction of sp³-hybridized carbons (Fsp3) is 0.667. The average Bonchev–Trinajstić information content (AvgIpc) is 2.40. The van der Waals surface area contributed by atoms with E-state index in [1.807, 2.05) is 13.0 Å². The fourth-order valence-electron chi connectivity index (χ4n) is 2.68. The molecule has 1 aromatic carbocycles. The molecule has 21 heavy (non-hydrogen) atoms. The van der Waals surface area contributed by atoms with Gasteiger partial charge in [0.15, 0.2) is 0 Å². The average molecular weight is 295 g/mol. The fourth-order valence-corrected chi connectivity index (χ4v) is 2.68. The molecule has 0 saturated carbocycles. The molecule has 0 saturated heterocycles. The predicted octanol–water partition coefficient (Wildman–Crippen LogP) is 4.19. The van der Waals surface area contributed by atoms with Crippen LogP contribution >= 0.6 is 0 Å². The molecule has 0 aliphatic carbocycles. The number of hydrogen-bond acceptors (Lipinski definition) is 2. The van der Waals surface area contributed by atoms with Gasteiger partial charge in [-0.25, -0.2) is 4.39 Å². The Morgan fingerprint density at radius 1 is 1.24 bits per heavy atom. The van der Waals surface area contributed by atoms with Gasteiger partial charge in [0.25, 0.3) is 0 Å². The number of rotatable bonds is 8. The van der Waals surface area contributed by atoms with Crippen molar-refractivity contribution >= 4 is 0 Å². The van der Waals surface area contributed by atoms with Crippen LogP contribution in [0, 0.1) is 11.2 Å². The Morgan fingerprint density at radius 3 is 2.48 bits per heavy atom. The lowest BCUT2D eigenvalue weighted by Crippen LogP contribution is -2.49. The molecule has 0 fully saturated rings. The molecule has 0 amide bonds. The normalized spacial score (nSPS) is 15.0. The minimum absolute atomic E-state index is 0.0365. The summed E-state index contributed by atoms with van der Waals surface area (Å²) in [5.74, 6) is -0.175. The third kappa shape index (κ3) is 6.15. The highest BCUT2D eigenvalue weighted by molar-refractivity contribution is 5.18. The molecule has 0 radical (unpaired) electrons. The van der Waals surface area contributed by atoms with Crippen molar-refractivity contribution in [3.8, 4) is 0 Å². The summed E-state index contributed by atoms with van der Waals surface area (Å²) in [5.41, 5.74) is 1.05. The third-order valence-corrected chi connectivity index (χ3v) is 3.57. The Morgan fingerprint density at radius 2 is 1.95 bits per heavy atom.